The molecule has 1 aromatic heterocycles. The minimum atomic E-state index is 0.392. The highest BCUT2D eigenvalue weighted by Gasteiger charge is 2.00. The van der Waals surface area contributed by atoms with E-state index in [9.17, 15) is 0 Å². The summed E-state index contributed by atoms with van der Waals surface area (Å²) >= 11 is 7.90. The van der Waals surface area contributed by atoms with Crippen LogP contribution in [0.25, 0.3) is 0 Å². The predicted octanol–water partition coefficient (Wildman–Crippen LogP) is 3.48. The summed E-state index contributed by atoms with van der Waals surface area (Å²) in [6.45, 7) is 0. The van der Waals surface area contributed by atoms with Gasteiger partial charge in [-0.1, -0.05) is 23.7 Å². The van der Waals surface area contributed by atoms with Crippen molar-refractivity contribution in [1.82, 2.24) is 10.2 Å². The topological polar surface area (TPSA) is 37.8 Å². The van der Waals surface area contributed by atoms with Crippen molar-refractivity contribution in [2.75, 3.05) is 5.32 Å². The van der Waals surface area contributed by atoms with E-state index in [1.54, 1.807) is 12.1 Å². The zero-order chi connectivity index (χ0) is 10.7. The maximum absolute atomic E-state index is 5.64. The molecular weight excluding hydrogens is 324 g/mol. The molecule has 0 spiro atoms. The van der Waals surface area contributed by atoms with Gasteiger partial charge < -0.3 is 5.32 Å². The van der Waals surface area contributed by atoms with Gasteiger partial charge in [-0.05, 0) is 46.9 Å². The lowest BCUT2D eigenvalue weighted by molar-refractivity contribution is 1.04. The molecule has 0 atom stereocenters. The third-order valence-corrected chi connectivity index (χ3v) is 2.91. The molecule has 0 bridgehead atoms. The van der Waals surface area contributed by atoms with Crippen LogP contribution in [0.5, 0.6) is 0 Å². The van der Waals surface area contributed by atoms with Crippen LogP contribution in [-0.2, 0) is 0 Å². The number of rotatable bonds is 2. The molecule has 0 aliphatic carbocycles. The summed E-state index contributed by atoms with van der Waals surface area (Å²) in [7, 11) is 0. The number of anilines is 2. The molecule has 5 heteroatoms. The van der Waals surface area contributed by atoms with Crippen molar-refractivity contribution in [3.05, 3.63) is 45.1 Å². The van der Waals surface area contributed by atoms with E-state index in [0.29, 0.717) is 11.0 Å². The van der Waals surface area contributed by atoms with Gasteiger partial charge in [0.05, 0.1) is 5.69 Å². The van der Waals surface area contributed by atoms with Crippen LogP contribution in [-0.4, -0.2) is 10.2 Å². The van der Waals surface area contributed by atoms with Crippen LogP contribution < -0.4 is 5.32 Å². The Morgan fingerprint density at radius 3 is 2.53 bits per heavy atom. The van der Waals surface area contributed by atoms with Crippen LogP contribution in [0.3, 0.4) is 0 Å². The smallest absolute Gasteiger partial charge is 0.153 e. The first-order valence-electron chi connectivity index (χ1n) is 4.26. The second-order valence-corrected chi connectivity index (χ2v) is 4.40. The van der Waals surface area contributed by atoms with Crippen molar-refractivity contribution < 1.29 is 0 Å². The summed E-state index contributed by atoms with van der Waals surface area (Å²) in [5, 5.41) is 11.2. The number of para-hydroxylation sites is 1. The molecule has 0 radical (unpaired) electrons. The van der Waals surface area contributed by atoms with Crippen molar-refractivity contribution >= 4 is 45.7 Å². The number of aromatic nitrogens is 2. The van der Waals surface area contributed by atoms with Crippen LogP contribution in [0, 0.1) is 3.57 Å². The van der Waals surface area contributed by atoms with Gasteiger partial charge in [-0.15, -0.1) is 10.2 Å². The van der Waals surface area contributed by atoms with Gasteiger partial charge in [0.2, 0.25) is 0 Å². The molecule has 2 rings (SSSR count). The third kappa shape index (κ3) is 2.79. The Bertz CT molecular complexity index is 458. The second kappa shape index (κ2) is 4.76. The van der Waals surface area contributed by atoms with Crippen LogP contribution in [0.4, 0.5) is 11.5 Å². The fraction of sp³-hybridized carbons (Fsp3) is 0. The Morgan fingerprint density at radius 1 is 1.07 bits per heavy atom. The van der Waals surface area contributed by atoms with Gasteiger partial charge in [-0.25, -0.2) is 0 Å². The molecule has 76 valence electrons. The van der Waals surface area contributed by atoms with E-state index in [2.05, 4.69) is 38.1 Å². The van der Waals surface area contributed by atoms with Crippen LogP contribution in [0.1, 0.15) is 0 Å². The van der Waals surface area contributed by atoms with Gasteiger partial charge in [-0.2, -0.15) is 0 Å². The normalized spacial score (nSPS) is 10.0. The molecule has 2 aromatic rings. The quantitative estimate of drug-likeness (QED) is 0.856. The van der Waals surface area contributed by atoms with Crippen molar-refractivity contribution in [3.8, 4) is 0 Å². The lowest BCUT2D eigenvalue weighted by Gasteiger charge is -2.06. The summed E-state index contributed by atoms with van der Waals surface area (Å²) in [5.41, 5.74) is 1.01. The van der Waals surface area contributed by atoms with E-state index in [0.717, 1.165) is 9.26 Å². The Kier molecular flexibility index (Phi) is 3.37. The number of nitrogens with one attached hydrogen (secondary N) is 1. The number of nitrogens with zero attached hydrogens (tertiary/aromatic N) is 2. The van der Waals surface area contributed by atoms with Gasteiger partial charge in [0.15, 0.2) is 11.0 Å². The van der Waals surface area contributed by atoms with Crippen molar-refractivity contribution in [1.29, 1.82) is 0 Å². The molecule has 0 saturated carbocycles. The number of halogens is 2. The lowest BCUT2D eigenvalue weighted by Crippen LogP contribution is -1.96. The maximum Gasteiger partial charge on any atom is 0.153 e. The molecule has 3 nitrogen and oxygen atoms in total. The fourth-order valence-electron chi connectivity index (χ4n) is 1.08. The van der Waals surface area contributed by atoms with Crippen LogP contribution >= 0.6 is 34.2 Å². The summed E-state index contributed by atoms with van der Waals surface area (Å²) in [5.74, 6) is 0.684. The van der Waals surface area contributed by atoms with E-state index in [4.69, 9.17) is 11.6 Å². The van der Waals surface area contributed by atoms with Crippen LogP contribution in [0.2, 0.25) is 5.15 Å². The van der Waals surface area contributed by atoms with Crippen molar-refractivity contribution in [2.45, 2.75) is 0 Å². The Balaban J connectivity index is 2.22. The van der Waals surface area contributed by atoms with Gasteiger partial charge in [0.25, 0.3) is 0 Å². The SMILES string of the molecule is Clc1ccc(Nc2ccccc2I)nn1. The summed E-state index contributed by atoms with van der Waals surface area (Å²) in [6, 6.07) is 11.4. The molecule has 0 saturated heterocycles. The fourth-order valence-corrected chi connectivity index (χ4v) is 1.71. The van der Waals surface area contributed by atoms with Crippen molar-refractivity contribution in [3.63, 3.8) is 0 Å². The minimum absolute atomic E-state index is 0.392. The molecule has 1 aromatic carbocycles. The number of hydrogen-bond donors (Lipinski definition) is 1. The summed E-state index contributed by atoms with van der Waals surface area (Å²) < 4.78 is 1.13. The molecule has 1 heterocycles. The zero-order valence-corrected chi connectivity index (χ0v) is 10.5. The summed E-state index contributed by atoms with van der Waals surface area (Å²) in [6.07, 6.45) is 0. The molecule has 0 amide bonds. The molecule has 0 unspecified atom stereocenters. The van der Waals surface area contributed by atoms with Gasteiger partial charge in [0.1, 0.15) is 0 Å². The maximum atomic E-state index is 5.64. The molecule has 0 aliphatic rings. The molecule has 15 heavy (non-hydrogen) atoms. The highest BCUT2D eigenvalue weighted by atomic mass is 127. The van der Waals surface area contributed by atoms with E-state index in [-0.39, 0.29) is 0 Å². The Labute approximate surface area is 106 Å². The highest BCUT2D eigenvalue weighted by molar-refractivity contribution is 14.1. The third-order valence-electron chi connectivity index (χ3n) is 1.77. The largest absolute Gasteiger partial charge is 0.338 e. The van der Waals surface area contributed by atoms with E-state index < -0.39 is 0 Å². The van der Waals surface area contributed by atoms with Crippen molar-refractivity contribution in [2.24, 2.45) is 0 Å². The Morgan fingerprint density at radius 2 is 1.87 bits per heavy atom. The average molecular weight is 332 g/mol. The molecule has 0 aliphatic heterocycles. The first-order chi connectivity index (χ1) is 7.25. The number of benzene rings is 1. The first kappa shape index (κ1) is 10.6. The highest BCUT2D eigenvalue weighted by Crippen LogP contribution is 2.20. The molecule has 0 fully saturated rings. The minimum Gasteiger partial charge on any atom is -0.338 e. The van der Waals surface area contributed by atoms with Crippen LogP contribution in [0.15, 0.2) is 36.4 Å². The summed E-state index contributed by atoms with van der Waals surface area (Å²) in [4.78, 5) is 0. The van der Waals surface area contributed by atoms with Gasteiger partial charge in [-0.3, -0.25) is 0 Å². The van der Waals surface area contributed by atoms with Gasteiger partial charge >= 0.3 is 0 Å². The lowest BCUT2D eigenvalue weighted by atomic mass is 10.3. The standard InChI is InChI=1S/C10H7ClIN3/c11-9-5-6-10(15-14-9)13-8-4-2-1-3-7(8)12/h1-6H,(H,13,15). The monoisotopic (exact) mass is 331 g/mol. The molecular formula is C10H7ClIN3. The Hall–Kier alpha value is -0.880. The zero-order valence-electron chi connectivity index (χ0n) is 7.61. The van der Waals surface area contributed by atoms with Gasteiger partial charge in [0, 0.05) is 3.57 Å². The number of hydrogen-bond acceptors (Lipinski definition) is 3. The molecule has 1 N–H and O–H groups in total. The first-order valence-corrected chi connectivity index (χ1v) is 5.72. The van der Waals surface area contributed by atoms with E-state index in [1.807, 2.05) is 24.3 Å². The second-order valence-electron chi connectivity index (χ2n) is 2.85. The van der Waals surface area contributed by atoms with E-state index >= 15 is 0 Å². The average Bonchev–Trinajstić information content (AvgIpc) is 2.25. The van der Waals surface area contributed by atoms with E-state index in [1.165, 1.54) is 0 Å². The predicted molar refractivity (Wildman–Crippen MR) is 69.5 cm³/mol.